The Morgan fingerprint density at radius 1 is 1.67 bits per heavy atom. The molecule has 0 bridgehead atoms. The number of carbonyl (C=O) groups is 1. The van der Waals surface area contributed by atoms with Gasteiger partial charge >= 0.3 is 11.9 Å². The zero-order valence-electron chi connectivity index (χ0n) is 7.71. The van der Waals surface area contributed by atoms with E-state index in [1.54, 1.807) is 0 Å². The number of nitro groups is 1. The smallest absolute Gasteiger partial charge is 0.433 e. The van der Waals surface area contributed by atoms with Crippen LogP contribution < -0.4 is 5.73 Å². The molecule has 0 radical (unpaired) electrons. The fourth-order valence-corrected chi connectivity index (χ4v) is 0.851. The minimum Gasteiger partial charge on any atom is -0.468 e. The van der Waals surface area contributed by atoms with Crippen molar-refractivity contribution >= 4 is 24.3 Å². The minimum absolute atomic E-state index is 0. The van der Waals surface area contributed by atoms with Gasteiger partial charge in [-0.1, -0.05) is 0 Å². The van der Waals surface area contributed by atoms with Crippen LogP contribution in [0.1, 0.15) is 11.8 Å². The van der Waals surface area contributed by atoms with E-state index in [9.17, 15) is 14.9 Å². The van der Waals surface area contributed by atoms with Gasteiger partial charge in [0.15, 0.2) is 6.04 Å². The van der Waals surface area contributed by atoms with Crippen molar-refractivity contribution in [2.45, 2.75) is 6.04 Å². The monoisotopic (exact) mass is 236 g/mol. The van der Waals surface area contributed by atoms with Gasteiger partial charge in [0, 0.05) is 0 Å². The summed E-state index contributed by atoms with van der Waals surface area (Å²) in [6, 6.07) is 1.26. The SMILES string of the molecule is COC(=O)[C@H](N)c1ccc([N+](=O)[O-])o1.Cl. The minimum atomic E-state index is -1.13. The lowest BCUT2D eigenvalue weighted by atomic mass is 10.2. The molecule has 1 heterocycles. The van der Waals surface area contributed by atoms with Crippen LogP contribution in [-0.4, -0.2) is 18.0 Å². The second-order valence-corrected chi connectivity index (χ2v) is 2.43. The summed E-state index contributed by atoms with van der Waals surface area (Å²) in [4.78, 5) is 20.4. The van der Waals surface area contributed by atoms with Gasteiger partial charge in [-0.3, -0.25) is 10.1 Å². The first-order valence-electron chi connectivity index (χ1n) is 3.63. The van der Waals surface area contributed by atoms with E-state index in [2.05, 4.69) is 4.74 Å². The van der Waals surface area contributed by atoms with Gasteiger partial charge < -0.3 is 14.9 Å². The van der Waals surface area contributed by atoms with Gasteiger partial charge in [0.2, 0.25) is 0 Å². The molecule has 2 N–H and O–H groups in total. The number of methoxy groups -OCH3 is 1. The van der Waals surface area contributed by atoms with Crippen LogP contribution in [0.25, 0.3) is 0 Å². The summed E-state index contributed by atoms with van der Waals surface area (Å²) in [5.74, 6) is -1.17. The Morgan fingerprint density at radius 3 is 2.67 bits per heavy atom. The lowest BCUT2D eigenvalue weighted by molar-refractivity contribution is -0.402. The van der Waals surface area contributed by atoms with Crippen LogP contribution >= 0.6 is 12.4 Å². The molecule has 0 aromatic carbocycles. The first-order valence-corrected chi connectivity index (χ1v) is 3.63. The highest BCUT2D eigenvalue weighted by Gasteiger charge is 2.22. The third-order valence-corrected chi connectivity index (χ3v) is 1.55. The Balaban J connectivity index is 0.00000196. The van der Waals surface area contributed by atoms with E-state index in [1.165, 1.54) is 13.2 Å². The molecule has 84 valence electrons. The third-order valence-electron chi connectivity index (χ3n) is 1.55. The molecule has 0 spiro atoms. The van der Waals surface area contributed by atoms with E-state index < -0.39 is 22.8 Å². The van der Waals surface area contributed by atoms with E-state index in [0.717, 1.165) is 6.07 Å². The first kappa shape index (κ1) is 13.4. The maximum absolute atomic E-state index is 10.9. The molecular weight excluding hydrogens is 228 g/mol. The van der Waals surface area contributed by atoms with Gasteiger partial charge in [-0.2, -0.15) is 0 Å². The number of ether oxygens (including phenoxy) is 1. The summed E-state index contributed by atoms with van der Waals surface area (Å²) < 4.78 is 9.05. The molecule has 1 atom stereocenters. The van der Waals surface area contributed by atoms with Gasteiger partial charge in [0.1, 0.15) is 10.7 Å². The summed E-state index contributed by atoms with van der Waals surface area (Å²) in [6.45, 7) is 0. The van der Waals surface area contributed by atoms with Crippen molar-refractivity contribution in [1.29, 1.82) is 0 Å². The van der Waals surface area contributed by atoms with Gasteiger partial charge in [-0.25, -0.2) is 4.79 Å². The zero-order chi connectivity index (χ0) is 10.7. The van der Waals surface area contributed by atoms with Crippen molar-refractivity contribution in [1.82, 2.24) is 0 Å². The molecule has 0 aliphatic rings. The Hall–Kier alpha value is -1.60. The molecule has 0 saturated carbocycles. The van der Waals surface area contributed by atoms with Crippen molar-refractivity contribution in [2.75, 3.05) is 7.11 Å². The molecule has 0 fully saturated rings. The van der Waals surface area contributed by atoms with Crippen LogP contribution in [0.15, 0.2) is 16.5 Å². The number of hydrogen-bond acceptors (Lipinski definition) is 6. The number of furan rings is 1. The molecule has 1 rings (SSSR count). The van der Waals surface area contributed by atoms with Crippen LogP contribution in [0, 0.1) is 10.1 Å². The predicted molar refractivity (Wildman–Crippen MR) is 51.6 cm³/mol. The van der Waals surface area contributed by atoms with Crippen molar-refractivity contribution in [2.24, 2.45) is 5.73 Å². The second-order valence-electron chi connectivity index (χ2n) is 2.43. The summed E-state index contributed by atoms with van der Waals surface area (Å²) in [5, 5.41) is 10.2. The number of halogens is 1. The normalized spacial score (nSPS) is 11.3. The molecule has 0 saturated heterocycles. The molecule has 8 heteroatoms. The van der Waals surface area contributed by atoms with Crippen molar-refractivity contribution in [3.05, 3.63) is 28.0 Å². The highest BCUT2D eigenvalue weighted by atomic mass is 35.5. The standard InChI is InChI=1S/C7H8N2O5.ClH/c1-13-7(10)6(8)4-2-3-5(14-4)9(11)12;/h2-3,6H,8H2,1H3;1H/t6-;/m1./s1. The molecule has 15 heavy (non-hydrogen) atoms. The average Bonchev–Trinajstić information content (AvgIpc) is 2.64. The van der Waals surface area contributed by atoms with Gasteiger partial charge in [-0.15, -0.1) is 12.4 Å². The highest BCUT2D eigenvalue weighted by Crippen LogP contribution is 2.20. The third kappa shape index (κ3) is 2.93. The number of nitrogens with two attached hydrogens (primary N) is 1. The van der Waals surface area contributed by atoms with Crippen LogP contribution in [0.5, 0.6) is 0 Å². The predicted octanol–water partition coefficient (Wildman–Crippen LogP) is 0.782. The molecule has 1 aromatic rings. The lowest BCUT2D eigenvalue weighted by Crippen LogP contribution is -2.21. The van der Waals surface area contributed by atoms with Gasteiger partial charge in [-0.05, 0) is 6.07 Å². The van der Waals surface area contributed by atoms with Gasteiger partial charge in [0.25, 0.3) is 0 Å². The Kier molecular flexibility index (Phi) is 4.75. The Morgan fingerprint density at radius 2 is 2.27 bits per heavy atom. The van der Waals surface area contributed by atoms with Crippen LogP contribution in [-0.2, 0) is 9.53 Å². The molecule has 0 unspecified atom stereocenters. The number of hydrogen-bond donors (Lipinski definition) is 1. The maximum Gasteiger partial charge on any atom is 0.433 e. The maximum atomic E-state index is 10.9. The quantitative estimate of drug-likeness (QED) is 0.472. The van der Waals surface area contributed by atoms with Crippen molar-refractivity contribution in [3.8, 4) is 0 Å². The fourth-order valence-electron chi connectivity index (χ4n) is 0.851. The zero-order valence-corrected chi connectivity index (χ0v) is 8.52. The van der Waals surface area contributed by atoms with Crippen LogP contribution in [0.3, 0.4) is 0 Å². The fraction of sp³-hybridized carbons (Fsp3) is 0.286. The molecule has 1 aromatic heterocycles. The van der Waals surface area contributed by atoms with Gasteiger partial charge in [0.05, 0.1) is 13.2 Å². The van der Waals surface area contributed by atoms with E-state index in [4.69, 9.17) is 10.2 Å². The summed E-state index contributed by atoms with van der Waals surface area (Å²) in [6.07, 6.45) is 0. The molecule has 0 aliphatic heterocycles. The second kappa shape index (κ2) is 5.32. The first-order chi connectivity index (χ1) is 6.56. The lowest BCUT2D eigenvalue weighted by Gasteiger charge is -2.03. The molecule has 0 aliphatic carbocycles. The number of esters is 1. The van der Waals surface area contributed by atoms with E-state index in [-0.39, 0.29) is 18.2 Å². The van der Waals surface area contributed by atoms with Crippen LogP contribution in [0.2, 0.25) is 0 Å². The van der Waals surface area contributed by atoms with Crippen molar-refractivity contribution in [3.63, 3.8) is 0 Å². The largest absolute Gasteiger partial charge is 0.468 e. The van der Waals surface area contributed by atoms with E-state index in [0.29, 0.717) is 0 Å². The van der Waals surface area contributed by atoms with Crippen molar-refractivity contribution < 1.29 is 18.9 Å². The summed E-state index contributed by atoms with van der Waals surface area (Å²) in [7, 11) is 1.17. The number of carbonyl (C=O) groups excluding carboxylic acids is 1. The Labute approximate surface area is 90.7 Å². The number of nitrogens with zero attached hydrogens (tertiary/aromatic N) is 1. The van der Waals surface area contributed by atoms with E-state index in [1.807, 2.05) is 0 Å². The molecule has 0 amide bonds. The Bertz CT molecular complexity index is 364. The molecular formula is C7H9ClN2O5. The van der Waals surface area contributed by atoms with E-state index >= 15 is 0 Å². The summed E-state index contributed by atoms with van der Waals surface area (Å²) in [5.41, 5.74) is 5.37. The topological polar surface area (TPSA) is 109 Å². The number of rotatable bonds is 3. The average molecular weight is 237 g/mol. The van der Waals surface area contributed by atoms with Crippen LogP contribution in [0.4, 0.5) is 5.88 Å². The summed E-state index contributed by atoms with van der Waals surface area (Å²) >= 11 is 0. The highest BCUT2D eigenvalue weighted by molar-refractivity contribution is 5.85. The molecule has 7 nitrogen and oxygen atoms in total.